The first kappa shape index (κ1) is 21.2. The highest BCUT2D eigenvalue weighted by atomic mass is 32.2. The number of hydrogen-bond donors (Lipinski definition) is 1. The van der Waals surface area contributed by atoms with Crippen molar-refractivity contribution in [2.45, 2.75) is 43.5 Å². The summed E-state index contributed by atoms with van der Waals surface area (Å²) in [5, 5.41) is 3.01. The van der Waals surface area contributed by atoms with Crippen LogP contribution in [0.25, 0.3) is 0 Å². The average Bonchev–Trinajstić information content (AvgIpc) is 2.76. The molecule has 0 spiro atoms. The molecule has 2 aromatic rings. The van der Waals surface area contributed by atoms with Gasteiger partial charge in [-0.1, -0.05) is 24.3 Å². The van der Waals surface area contributed by atoms with Crippen LogP contribution >= 0.6 is 11.8 Å². The van der Waals surface area contributed by atoms with Gasteiger partial charge < -0.3 is 15.0 Å². The van der Waals surface area contributed by atoms with Gasteiger partial charge in [-0.15, -0.1) is 11.8 Å². The van der Waals surface area contributed by atoms with Gasteiger partial charge in [0.2, 0.25) is 11.8 Å². The summed E-state index contributed by atoms with van der Waals surface area (Å²) in [6, 6.07) is 16.0. The molecule has 29 heavy (non-hydrogen) atoms. The van der Waals surface area contributed by atoms with Crippen molar-refractivity contribution in [1.29, 1.82) is 0 Å². The van der Waals surface area contributed by atoms with E-state index in [1.54, 1.807) is 18.9 Å². The van der Waals surface area contributed by atoms with E-state index in [-0.39, 0.29) is 30.7 Å². The van der Waals surface area contributed by atoms with Crippen LogP contribution in [0.3, 0.4) is 0 Å². The molecule has 0 fully saturated rings. The minimum absolute atomic E-state index is 0.0128. The minimum Gasteiger partial charge on any atom is -0.497 e. The van der Waals surface area contributed by atoms with E-state index in [9.17, 15) is 9.59 Å². The lowest BCUT2D eigenvalue weighted by Gasteiger charge is -2.29. The molecular formula is C23H28N2O3S. The molecule has 0 aromatic heterocycles. The van der Waals surface area contributed by atoms with E-state index in [0.29, 0.717) is 6.54 Å². The predicted molar refractivity (Wildman–Crippen MR) is 118 cm³/mol. The number of methoxy groups -OCH3 is 1. The summed E-state index contributed by atoms with van der Waals surface area (Å²) in [5.74, 6) is 1.67. The van der Waals surface area contributed by atoms with Gasteiger partial charge in [-0.25, -0.2) is 0 Å². The minimum atomic E-state index is -0.0692. The second kappa shape index (κ2) is 10.3. The molecule has 3 rings (SSSR count). The van der Waals surface area contributed by atoms with Crippen LogP contribution in [0.4, 0.5) is 5.69 Å². The number of amides is 2. The Bertz CT molecular complexity index is 838. The van der Waals surface area contributed by atoms with Gasteiger partial charge in [0, 0.05) is 36.1 Å². The highest BCUT2D eigenvalue weighted by molar-refractivity contribution is 7.99. The number of para-hydroxylation sites is 1. The van der Waals surface area contributed by atoms with Crippen LogP contribution in [0.2, 0.25) is 0 Å². The lowest BCUT2D eigenvalue weighted by Crippen LogP contribution is -2.37. The Hall–Kier alpha value is -2.47. The molecule has 1 aliphatic rings. The molecule has 0 aliphatic carbocycles. The number of fused-ring (bicyclic) bond motifs is 1. The first-order valence-electron chi connectivity index (χ1n) is 10.0. The number of carbonyl (C=O) groups is 2. The number of nitrogens with zero attached hydrogens (tertiary/aromatic N) is 1. The van der Waals surface area contributed by atoms with Crippen molar-refractivity contribution >= 4 is 29.3 Å². The van der Waals surface area contributed by atoms with Gasteiger partial charge in [-0.05, 0) is 49.6 Å². The van der Waals surface area contributed by atoms with E-state index in [4.69, 9.17) is 4.74 Å². The molecule has 0 bridgehead atoms. The fourth-order valence-electron chi connectivity index (χ4n) is 3.38. The third-order valence-corrected chi connectivity index (χ3v) is 6.07. The first-order valence-corrected chi connectivity index (χ1v) is 11.0. The Kier molecular flexibility index (Phi) is 7.58. The first-order chi connectivity index (χ1) is 14.1. The molecule has 1 unspecified atom stereocenters. The van der Waals surface area contributed by atoms with Crippen LogP contribution in [-0.4, -0.2) is 37.3 Å². The number of benzene rings is 2. The van der Waals surface area contributed by atoms with Crippen molar-refractivity contribution in [2.24, 2.45) is 0 Å². The van der Waals surface area contributed by atoms with Crippen LogP contribution in [0.1, 0.15) is 31.7 Å². The zero-order valence-electron chi connectivity index (χ0n) is 17.0. The molecule has 5 nitrogen and oxygen atoms in total. The molecule has 1 N–H and O–H groups in total. The molecule has 0 saturated heterocycles. The number of carbonyl (C=O) groups excluding carboxylic acids is 2. The van der Waals surface area contributed by atoms with Crippen LogP contribution in [0.5, 0.6) is 5.75 Å². The summed E-state index contributed by atoms with van der Waals surface area (Å²) in [5.41, 5.74) is 2.17. The number of nitrogens with one attached hydrogen (secondary N) is 1. The molecule has 6 heteroatoms. The van der Waals surface area contributed by atoms with Crippen LogP contribution in [-0.2, 0) is 16.0 Å². The predicted octanol–water partition coefficient (Wildman–Crippen LogP) is 4.05. The maximum Gasteiger partial charge on any atom is 0.227 e. The van der Waals surface area contributed by atoms with Crippen LogP contribution < -0.4 is 15.0 Å². The summed E-state index contributed by atoms with van der Waals surface area (Å²) in [4.78, 5) is 27.9. The smallest absolute Gasteiger partial charge is 0.227 e. The monoisotopic (exact) mass is 412 g/mol. The molecule has 1 aliphatic heterocycles. The van der Waals surface area contributed by atoms with E-state index >= 15 is 0 Å². The molecule has 2 amide bonds. The average molecular weight is 413 g/mol. The summed E-state index contributed by atoms with van der Waals surface area (Å²) in [6.07, 6.45) is 2.18. The second-order valence-electron chi connectivity index (χ2n) is 7.22. The van der Waals surface area contributed by atoms with Crippen molar-refractivity contribution in [3.8, 4) is 5.75 Å². The highest BCUT2D eigenvalue weighted by Gasteiger charge is 2.23. The number of rotatable bonds is 8. The fourth-order valence-corrected chi connectivity index (χ4v) is 4.37. The van der Waals surface area contributed by atoms with E-state index < -0.39 is 0 Å². The Morgan fingerprint density at radius 2 is 1.90 bits per heavy atom. The SMILES string of the molecule is COc1ccc(CCC(C)NC(=O)CCC(=O)N2CCSc3ccccc32)cc1. The zero-order valence-corrected chi connectivity index (χ0v) is 17.8. The summed E-state index contributed by atoms with van der Waals surface area (Å²) in [7, 11) is 1.65. The van der Waals surface area contributed by atoms with Gasteiger partial charge in [0.1, 0.15) is 5.75 Å². The molecule has 1 atom stereocenters. The van der Waals surface area contributed by atoms with Crippen LogP contribution in [0, 0.1) is 0 Å². The lowest BCUT2D eigenvalue weighted by atomic mass is 10.1. The summed E-state index contributed by atoms with van der Waals surface area (Å²) >= 11 is 1.77. The van der Waals surface area contributed by atoms with Crippen molar-refractivity contribution in [3.63, 3.8) is 0 Å². The number of anilines is 1. The molecule has 154 valence electrons. The van der Waals surface area contributed by atoms with Gasteiger partial charge >= 0.3 is 0 Å². The number of hydrogen-bond acceptors (Lipinski definition) is 4. The van der Waals surface area contributed by atoms with E-state index in [1.807, 2.05) is 60.4 Å². The molecular weight excluding hydrogens is 384 g/mol. The quantitative estimate of drug-likeness (QED) is 0.711. The number of ether oxygens (including phenoxy) is 1. The third kappa shape index (κ3) is 6.00. The maximum atomic E-state index is 12.6. The summed E-state index contributed by atoms with van der Waals surface area (Å²) in [6.45, 7) is 2.70. The molecule has 2 aromatic carbocycles. The Labute approximate surface area is 176 Å². The molecule has 0 saturated carbocycles. The number of aryl methyl sites for hydroxylation is 1. The standard InChI is InChI=1S/C23H28N2O3S/c1-17(7-8-18-9-11-19(28-2)12-10-18)24-22(26)13-14-23(27)25-15-16-29-21-6-4-3-5-20(21)25/h3-6,9-12,17H,7-8,13-16H2,1-2H3,(H,24,26). The Morgan fingerprint density at radius 1 is 1.14 bits per heavy atom. The van der Waals surface area contributed by atoms with Gasteiger partial charge in [0.25, 0.3) is 0 Å². The highest BCUT2D eigenvalue weighted by Crippen LogP contribution is 2.34. The van der Waals surface area contributed by atoms with E-state index in [2.05, 4.69) is 5.32 Å². The zero-order chi connectivity index (χ0) is 20.6. The Balaban J connectivity index is 1.41. The van der Waals surface area contributed by atoms with Crippen LogP contribution in [0.15, 0.2) is 53.4 Å². The van der Waals surface area contributed by atoms with Gasteiger partial charge in [-0.2, -0.15) is 0 Å². The van der Waals surface area contributed by atoms with E-state index in [1.165, 1.54) is 5.56 Å². The van der Waals surface area contributed by atoms with Crippen molar-refractivity contribution < 1.29 is 14.3 Å². The normalized spacial score (nSPS) is 14.1. The summed E-state index contributed by atoms with van der Waals surface area (Å²) < 4.78 is 5.17. The molecule has 0 radical (unpaired) electrons. The van der Waals surface area contributed by atoms with Crippen molar-refractivity contribution in [3.05, 3.63) is 54.1 Å². The van der Waals surface area contributed by atoms with Gasteiger partial charge in [0.05, 0.1) is 12.8 Å². The fraction of sp³-hybridized carbons (Fsp3) is 0.391. The lowest BCUT2D eigenvalue weighted by molar-refractivity contribution is -0.125. The van der Waals surface area contributed by atoms with Crippen molar-refractivity contribution in [2.75, 3.05) is 24.3 Å². The largest absolute Gasteiger partial charge is 0.497 e. The second-order valence-corrected chi connectivity index (χ2v) is 8.35. The van der Waals surface area contributed by atoms with Crippen molar-refractivity contribution in [1.82, 2.24) is 5.32 Å². The number of thioether (sulfide) groups is 1. The maximum absolute atomic E-state index is 12.6. The van der Waals surface area contributed by atoms with Gasteiger partial charge in [0.15, 0.2) is 0 Å². The topological polar surface area (TPSA) is 58.6 Å². The third-order valence-electron chi connectivity index (χ3n) is 5.03. The Morgan fingerprint density at radius 3 is 2.66 bits per heavy atom. The molecule has 1 heterocycles. The van der Waals surface area contributed by atoms with Gasteiger partial charge in [-0.3, -0.25) is 9.59 Å². The van der Waals surface area contributed by atoms with E-state index in [0.717, 1.165) is 34.9 Å².